The highest BCUT2D eigenvalue weighted by molar-refractivity contribution is 8.00. The van der Waals surface area contributed by atoms with Gasteiger partial charge in [0.15, 0.2) is 0 Å². The highest BCUT2D eigenvalue weighted by Gasteiger charge is 2.20. The summed E-state index contributed by atoms with van der Waals surface area (Å²) in [5.41, 5.74) is 2.44. The molecule has 2 rings (SSSR count). The molecule has 3 amide bonds. The Morgan fingerprint density at radius 1 is 1.13 bits per heavy atom. The standard InChI is InChI=1S/C18H26N2O2S/c1-12-9-10-16(11-13(12)2)23-14(3)17(21)20-18(22)19-15-7-5-4-6-8-15/h9-11,14-15H,4-8H2,1-3H3,(H2,19,20,21,22)/t14-/m0/s1. The molecule has 0 bridgehead atoms. The van der Waals surface area contributed by atoms with Crippen LogP contribution in [0.25, 0.3) is 0 Å². The van der Waals surface area contributed by atoms with E-state index in [9.17, 15) is 9.59 Å². The van der Waals surface area contributed by atoms with Gasteiger partial charge in [0.1, 0.15) is 0 Å². The molecular formula is C18H26N2O2S. The van der Waals surface area contributed by atoms with Crippen molar-refractivity contribution in [3.05, 3.63) is 29.3 Å². The van der Waals surface area contributed by atoms with E-state index in [4.69, 9.17) is 0 Å². The second-order valence-corrected chi connectivity index (χ2v) is 7.72. The molecular weight excluding hydrogens is 308 g/mol. The van der Waals surface area contributed by atoms with Crippen LogP contribution in [0.5, 0.6) is 0 Å². The van der Waals surface area contributed by atoms with Crippen molar-refractivity contribution in [1.29, 1.82) is 0 Å². The number of imide groups is 1. The molecule has 1 fully saturated rings. The molecule has 23 heavy (non-hydrogen) atoms. The molecule has 0 unspecified atom stereocenters. The highest BCUT2D eigenvalue weighted by Crippen LogP contribution is 2.25. The van der Waals surface area contributed by atoms with Gasteiger partial charge in [0.25, 0.3) is 0 Å². The zero-order valence-corrected chi connectivity index (χ0v) is 15.0. The highest BCUT2D eigenvalue weighted by atomic mass is 32.2. The van der Waals surface area contributed by atoms with Crippen molar-refractivity contribution in [3.63, 3.8) is 0 Å². The van der Waals surface area contributed by atoms with Crippen LogP contribution in [0.3, 0.4) is 0 Å². The van der Waals surface area contributed by atoms with E-state index in [0.717, 1.165) is 30.6 Å². The molecule has 0 spiro atoms. The average molecular weight is 334 g/mol. The second kappa shape index (κ2) is 8.39. The Morgan fingerprint density at radius 2 is 1.83 bits per heavy atom. The van der Waals surface area contributed by atoms with Crippen LogP contribution >= 0.6 is 11.8 Å². The smallest absolute Gasteiger partial charge is 0.321 e. The van der Waals surface area contributed by atoms with Crippen LogP contribution in [0, 0.1) is 13.8 Å². The first-order chi connectivity index (χ1) is 11.0. The summed E-state index contributed by atoms with van der Waals surface area (Å²) in [6.45, 7) is 5.94. The number of carbonyl (C=O) groups is 2. The van der Waals surface area contributed by atoms with Crippen LogP contribution in [0.15, 0.2) is 23.1 Å². The Morgan fingerprint density at radius 3 is 2.48 bits per heavy atom. The van der Waals surface area contributed by atoms with Crippen molar-refractivity contribution in [2.45, 2.75) is 69.1 Å². The van der Waals surface area contributed by atoms with E-state index in [0.29, 0.717) is 0 Å². The van der Waals surface area contributed by atoms with Gasteiger partial charge in [-0.2, -0.15) is 0 Å². The number of hydrogen-bond acceptors (Lipinski definition) is 3. The Bertz CT molecular complexity index is 568. The lowest BCUT2D eigenvalue weighted by molar-refractivity contribution is -0.119. The zero-order valence-electron chi connectivity index (χ0n) is 14.1. The maximum Gasteiger partial charge on any atom is 0.321 e. The minimum atomic E-state index is -0.366. The predicted octanol–water partition coefficient (Wildman–Crippen LogP) is 3.94. The van der Waals surface area contributed by atoms with Gasteiger partial charge in [-0.3, -0.25) is 10.1 Å². The molecule has 4 nitrogen and oxygen atoms in total. The molecule has 2 N–H and O–H groups in total. The van der Waals surface area contributed by atoms with Crippen LogP contribution < -0.4 is 10.6 Å². The van der Waals surface area contributed by atoms with E-state index in [2.05, 4.69) is 36.6 Å². The maximum absolute atomic E-state index is 12.2. The van der Waals surface area contributed by atoms with E-state index in [-0.39, 0.29) is 23.2 Å². The molecule has 0 aromatic heterocycles. The molecule has 1 aromatic rings. The number of thioether (sulfide) groups is 1. The van der Waals surface area contributed by atoms with E-state index >= 15 is 0 Å². The Labute approximate surface area is 142 Å². The number of urea groups is 1. The largest absolute Gasteiger partial charge is 0.335 e. The molecule has 0 heterocycles. The summed E-state index contributed by atoms with van der Waals surface area (Å²) in [4.78, 5) is 25.1. The van der Waals surface area contributed by atoms with Gasteiger partial charge >= 0.3 is 6.03 Å². The predicted molar refractivity (Wildman–Crippen MR) is 94.8 cm³/mol. The molecule has 1 aliphatic rings. The SMILES string of the molecule is Cc1ccc(S[C@@H](C)C(=O)NC(=O)NC2CCCCC2)cc1C. The first-order valence-electron chi connectivity index (χ1n) is 8.31. The fourth-order valence-electron chi connectivity index (χ4n) is 2.73. The third kappa shape index (κ3) is 5.57. The quantitative estimate of drug-likeness (QED) is 0.820. The fourth-order valence-corrected chi connectivity index (χ4v) is 3.69. The minimum Gasteiger partial charge on any atom is -0.335 e. The lowest BCUT2D eigenvalue weighted by Crippen LogP contribution is -2.47. The summed E-state index contributed by atoms with van der Waals surface area (Å²) in [5.74, 6) is -0.249. The molecule has 126 valence electrons. The maximum atomic E-state index is 12.2. The van der Waals surface area contributed by atoms with Crippen LogP contribution in [-0.2, 0) is 4.79 Å². The van der Waals surface area contributed by atoms with Crippen molar-refractivity contribution in [1.82, 2.24) is 10.6 Å². The van der Waals surface area contributed by atoms with Gasteiger partial charge in [0, 0.05) is 10.9 Å². The minimum absolute atomic E-state index is 0.208. The molecule has 1 aliphatic carbocycles. The summed E-state index contributed by atoms with van der Waals surface area (Å²) < 4.78 is 0. The first-order valence-corrected chi connectivity index (χ1v) is 9.19. The number of benzene rings is 1. The van der Waals surface area contributed by atoms with Crippen LogP contribution in [0.2, 0.25) is 0 Å². The first kappa shape index (κ1) is 17.9. The Balaban J connectivity index is 1.81. The molecule has 1 aromatic carbocycles. The van der Waals surface area contributed by atoms with Gasteiger partial charge in [-0.05, 0) is 56.9 Å². The van der Waals surface area contributed by atoms with Gasteiger partial charge in [0.05, 0.1) is 5.25 Å². The monoisotopic (exact) mass is 334 g/mol. The summed E-state index contributed by atoms with van der Waals surface area (Å²) in [5, 5.41) is 5.06. The van der Waals surface area contributed by atoms with Crippen molar-refractivity contribution < 1.29 is 9.59 Å². The number of nitrogens with one attached hydrogen (secondary N) is 2. The van der Waals surface area contributed by atoms with E-state index in [1.165, 1.54) is 29.3 Å². The second-order valence-electron chi connectivity index (χ2n) is 6.30. The van der Waals surface area contributed by atoms with Crippen molar-refractivity contribution in [2.75, 3.05) is 0 Å². The normalized spacial score (nSPS) is 16.7. The van der Waals surface area contributed by atoms with E-state index in [1.54, 1.807) is 0 Å². The Kier molecular flexibility index (Phi) is 6.51. The summed E-state index contributed by atoms with van der Waals surface area (Å²) >= 11 is 1.47. The summed E-state index contributed by atoms with van der Waals surface area (Å²) in [6, 6.07) is 5.98. The summed E-state index contributed by atoms with van der Waals surface area (Å²) in [7, 11) is 0. The van der Waals surface area contributed by atoms with Gasteiger partial charge in [-0.25, -0.2) is 4.79 Å². The van der Waals surface area contributed by atoms with Crippen molar-refractivity contribution in [3.8, 4) is 0 Å². The third-order valence-electron chi connectivity index (χ3n) is 4.34. The average Bonchev–Trinajstić information content (AvgIpc) is 2.51. The number of aryl methyl sites for hydroxylation is 2. The van der Waals surface area contributed by atoms with Crippen molar-refractivity contribution >= 4 is 23.7 Å². The van der Waals surface area contributed by atoms with Crippen LogP contribution in [0.4, 0.5) is 4.79 Å². The number of rotatable bonds is 4. The van der Waals surface area contributed by atoms with E-state index < -0.39 is 0 Å². The lowest BCUT2D eigenvalue weighted by Gasteiger charge is -2.23. The van der Waals surface area contributed by atoms with Gasteiger partial charge in [0.2, 0.25) is 5.91 Å². The summed E-state index contributed by atoms with van der Waals surface area (Å²) in [6.07, 6.45) is 5.56. The molecule has 1 atom stereocenters. The third-order valence-corrected chi connectivity index (χ3v) is 5.43. The van der Waals surface area contributed by atoms with Crippen molar-refractivity contribution in [2.24, 2.45) is 0 Å². The van der Waals surface area contributed by atoms with Gasteiger partial charge < -0.3 is 5.32 Å². The topological polar surface area (TPSA) is 58.2 Å². The number of amides is 3. The van der Waals surface area contributed by atoms with Gasteiger partial charge in [-0.15, -0.1) is 11.8 Å². The van der Waals surface area contributed by atoms with Crippen LogP contribution in [-0.4, -0.2) is 23.2 Å². The fraction of sp³-hybridized carbons (Fsp3) is 0.556. The lowest BCUT2D eigenvalue weighted by atomic mass is 9.96. The molecule has 0 radical (unpaired) electrons. The Hall–Kier alpha value is -1.49. The molecule has 0 aliphatic heterocycles. The molecule has 0 saturated heterocycles. The number of carbonyl (C=O) groups excluding carboxylic acids is 2. The van der Waals surface area contributed by atoms with E-state index in [1.807, 2.05) is 13.0 Å². The molecule has 5 heteroatoms. The zero-order chi connectivity index (χ0) is 16.8. The van der Waals surface area contributed by atoms with Crippen LogP contribution in [0.1, 0.15) is 50.2 Å². The number of hydrogen-bond donors (Lipinski definition) is 2. The van der Waals surface area contributed by atoms with Gasteiger partial charge in [-0.1, -0.05) is 25.3 Å². The molecule has 1 saturated carbocycles.